The highest BCUT2D eigenvalue weighted by Gasteiger charge is 2.29. The summed E-state index contributed by atoms with van der Waals surface area (Å²) in [5.74, 6) is 0.00810. The van der Waals surface area contributed by atoms with Crippen LogP contribution in [0.5, 0.6) is 0 Å². The van der Waals surface area contributed by atoms with Crippen molar-refractivity contribution in [2.24, 2.45) is 0 Å². The van der Waals surface area contributed by atoms with Crippen molar-refractivity contribution in [2.75, 3.05) is 26.2 Å². The molecule has 3 nitrogen and oxygen atoms in total. The molecule has 0 aromatic heterocycles. The Bertz CT molecular complexity index is 202. The molecule has 3 aliphatic heterocycles. The molecule has 0 unspecified atom stereocenters. The van der Waals surface area contributed by atoms with Gasteiger partial charge >= 0.3 is 0 Å². The van der Waals surface area contributed by atoms with Crippen molar-refractivity contribution in [3.8, 4) is 0 Å². The summed E-state index contributed by atoms with van der Waals surface area (Å²) in [6.07, 6.45) is 2.21. The first kappa shape index (κ1) is 6.89. The number of piperidine rings is 1. The molecular weight excluding hydrogens is 152 g/mol. The molecule has 3 heterocycles. The summed E-state index contributed by atoms with van der Waals surface area (Å²) in [4.78, 5) is 15.8. The lowest BCUT2D eigenvalue weighted by Crippen LogP contribution is -2.40. The molecule has 68 valence electrons. The van der Waals surface area contributed by atoms with Crippen molar-refractivity contribution < 1.29 is 6.17 Å². The van der Waals surface area contributed by atoms with Gasteiger partial charge < -0.3 is 9.80 Å². The zero-order valence-electron chi connectivity index (χ0n) is 8.33. The minimum Gasteiger partial charge on any atom is -0.339 e. The number of carbonyl (C=O) groups excluding carboxylic acids is 1. The Morgan fingerprint density at radius 2 is 2.08 bits per heavy atom. The van der Waals surface area contributed by atoms with Gasteiger partial charge in [0.2, 0.25) is 5.91 Å². The third-order valence-electron chi connectivity index (χ3n) is 2.98. The van der Waals surface area contributed by atoms with Crippen LogP contribution in [0.3, 0.4) is 0 Å². The summed E-state index contributed by atoms with van der Waals surface area (Å²) in [5, 5.41) is 0. The van der Waals surface area contributed by atoms with Crippen molar-refractivity contribution in [1.82, 2.24) is 9.80 Å². The summed E-state index contributed by atoms with van der Waals surface area (Å²) >= 11 is 0. The molecule has 3 saturated heterocycles. The zero-order valence-corrected chi connectivity index (χ0v) is 7.33. The van der Waals surface area contributed by atoms with Crippen LogP contribution in [0.25, 0.3) is 0 Å². The predicted molar refractivity (Wildman–Crippen MR) is 46.8 cm³/mol. The summed E-state index contributed by atoms with van der Waals surface area (Å²) in [7, 11) is 0. The molecule has 0 saturated carbocycles. The fourth-order valence-corrected chi connectivity index (χ4v) is 2.21. The maximum Gasteiger partial charge on any atom is 0.219 e. The Morgan fingerprint density at radius 1 is 1.33 bits per heavy atom. The SMILES string of the molecule is [2H]CC(=O)N1CCN2CCC1CC2. The highest BCUT2D eigenvalue weighted by molar-refractivity contribution is 5.73. The lowest BCUT2D eigenvalue weighted by Gasteiger charge is -2.30. The van der Waals surface area contributed by atoms with E-state index < -0.39 is 0 Å². The average molecular weight is 169 g/mol. The van der Waals surface area contributed by atoms with Gasteiger partial charge in [-0.05, 0) is 12.8 Å². The summed E-state index contributed by atoms with van der Waals surface area (Å²) < 4.78 is 7.09. The second-order valence-corrected chi connectivity index (χ2v) is 3.66. The van der Waals surface area contributed by atoms with Crippen LogP contribution >= 0.6 is 0 Å². The Morgan fingerprint density at radius 3 is 2.75 bits per heavy atom. The normalized spacial score (nSPS) is 36.0. The second-order valence-electron chi connectivity index (χ2n) is 3.66. The molecule has 0 radical (unpaired) electrons. The standard InChI is InChI=1S/C9H16N2O/c1-8(12)11-7-6-10-4-2-9(11)3-5-10/h9H,2-7H2,1H3/i1D. The quantitative estimate of drug-likeness (QED) is 0.521. The lowest BCUT2D eigenvalue weighted by molar-refractivity contribution is -0.130. The Balaban J connectivity index is 2.06. The van der Waals surface area contributed by atoms with Gasteiger partial charge in [-0.2, -0.15) is 0 Å². The highest BCUT2D eigenvalue weighted by atomic mass is 16.2. The third-order valence-corrected chi connectivity index (χ3v) is 2.98. The smallest absolute Gasteiger partial charge is 0.219 e. The molecule has 12 heavy (non-hydrogen) atoms. The van der Waals surface area contributed by atoms with E-state index in [1.165, 1.54) is 0 Å². The van der Waals surface area contributed by atoms with Crippen molar-refractivity contribution in [2.45, 2.75) is 25.8 Å². The maximum atomic E-state index is 11.4. The van der Waals surface area contributed by atoms with Crippen LogP contribution in [0.2, 0.25) is 0 Å². The molecule has 3 fully saturated rings. The number of hydrogen-bond donors (Lipinski definition) is 0. The van der Waals surface area contributed by atoms with Gasteiger partial charge in [0.25, 0.3) is 0 Å². The van der Waals surface area contributed by atoms with Gasteiger partial charge in [0.15, 0.2) is 0 Å². The van der Waals surface area contributed by atoms with Crippen LogP contribution in [0.4, 0.5) is 0 Å². The number of rotatable bonds is 0. The summed E-state index contributed by atoms with van der Waals surface area (Å²) in [6, 6.07) is 0.427. The highest BCUT2D eigenvalue weighted by Crippen LogP contribution is 2.20. The van der Waals surface area contributed by atoms with Gasteiger partial charge in [-0.3, -0.25) is 4.79 Å². The van der Waals surface area contributed by atoms with Gasteiger partial charge in [0, 0.05) is 40.5 Å². The summed E-state index contributed by atoms with van der Waals surface area (Å²) in [5.41, 5.74) is 0. The molecule has 0 atom stereocenters. The lowest BCUT2D eigenvalue weighted by atomic mass is 10.1. The van der Waals surface area contributed by atoms with Gasteiger partial charge in [0.05, 0.1) is 0 Å². The first-order chi connectivity index (χ1) is 6.31. The number of nitrogens with zero attached hydrogens (tertiary/aromatic N) is 2. The van der Waals surface area contributed by atoms with E-state index in [0.29, 0.717) is 6.04 Å². The molecule has 3 aliphatic rings. The van der Waals surface area contributed by atoms with E-state index in [-0.39, 0.29) is 12.8 Å². The fraction of sp³-hybridized carbons (Fsp3) is 0.889. The van der Waals surface area contributed by atoms with Crippen LogP contribution in [0.15, 0.2) is 0 Å². The number of hydrogen-bond acceptors (Lipinski definition) is 2. The van der Waals surface area contributed by atoms with Gasteiger partial charge in [-0.1, -0.05) is 0 Å². The number of amides is 1. The topological polar surface area (TPSA) is 23.6 Å². The van der Waals surface area contributed by atoms with E-state index >= 15 is 0 Å². The molecule has 0 aromatic rings. The Labute approximate surface area is 74.7 Å². The van der Waals surface area contributed by atoms with E-state index in [1.54, 1.807) is 0 Å². The van der Waals surface area contributed by atoms with Crippen LogP contribution in [0.1, 0.15) is 21.1 Å². The minimum atomic E-state index is -0.0868. The Kier molecular flexibility index (Phi) is 1.75. The number of carbonyl (C=O) groups is 1. The molecular formula is C9H16N2O. The van der Waals surface area contributed by atoms with E-state index in [0.717, 1.165) is 39.0 Å². The first-order valence-corrected chi connectivity index (χ1v) is 4.62. The minimum absolute atomic E-state index is 0.00810. The molecule has 0 N–H and O–H groups in total. The number of fused-ring (bicyclic) bond motifs is 4. The monoisotopic (exact) mass is 169 g/mol. The molecule has 3 heteroatoms. The van der Waals surface area contributed by atoms with Crippen LogP contribution in [-0.2, 0) is 4.79 Å². The van der Waals surface area contributed by atoms with E-state index in [1.807, 2.05) is 4.90 Å². The average Bonchev–Trinajstić information content (AvgIpc) is 2.49. The van der Waals surface area contributed by atoms with Gasteiger partial charge in [0.1, 0.15) is 0 Å². The van der Waals surface area contributed by atoms with Crippen molar-refractivity contribution in [3.63, 3.8) is 0 Å². The van der Waals surface area contributed by atoms with E-state index in [2.05, 4.69) is 4.90 Å². The van der Waals surface area contributed by atoms with Crippen LogP contribution < -0.4 is 0 Å². The molecule has 0 spiro atoms. The second kappa shape index (κ2) is 3.05. The maximum absolute atomic E-state index is 11.4. The largest absolute Gasteiger partial charge is 0.339 e. The van der Waals surface area contributed by atoms with Gasteiger partial charge in [-0.15, -0.1) is 0 Å². The van der Waals surface area contributed by atoms with Crippen LogP contribution in [-0.4, -0.2) is 47.9 Å². The van der Waals surface area contributed by atoms with E-state index in [9.17, 15) is 4.79 Å². The zero-order chi connectivity index (χ0) is 9.26. The third kappa shape index (κ3) is 1.33. The molecule has 3 rings (SSSR count). The van der Waals surface area contributed by atoms with E-state index in [4.69, 9.17) is 1.37 Å². The van der Waals surface area contributed by atoms with Crippen molar-refractivity contribution >= 4 is 5.91 Å². The van der Waals surface area contributed by atoms with Gasteiger partial charge in [-0.25, -0.2) is 0 Å². The predicted octanol–water partition coefficient (Wildman–Crippen LogP) is 0.313. The van der Waals surface area contributed by atoms with Crippen LogP contribution in [0, 0.1) is 0 Å². The Hall–Kier alpha value is -0.570. The molecule has 2 bridgehead atoms. The first-order valence-electron chi connectivity index (χ1n) is 5.33. The fourth-order valence-electron chi connectivity index (χ4n) is 2.21. The summed E-state index contributed by atoms with van der Waals surface area (Å²) in [6.45, 7) is 4.01. The molecule has 0 aliphatic carbocycles. The molecule has 0 aromatic carbocycles. The van der Waals surface area contributed by atoms with Crippen molar-refractivity contribution in [3.05, 3.63) is 0 Å². The molecule has 1 amide bonds. The van der Waals surface area contributed by atoms with Crippen molar-refractivity contribution in [1.29, 1.82) is 0 Å².